The molecule has 4 aromatic rings. The fourth-order valence-electron chi connectivity index (χ4n) is 3.52. The summed E-state index contributed by atoms with van der Waals surface area (Å²) >= 11 is 3.13. The first-order chi connectivity index (χ1) is 17.7. The minimum atomic E-state index is -4.38. The third kappa shape index (κ3) is 7.30. The van der Waals surface area contributed by atoms with E-state index in [1.165, 1.54) is 23.5 Å². The van der Waals surface area contributed by atoms with Crippen LogP contribution >= 0.6 is 23.1 Å². The number of para-hydroxylation sites is 1. The number of thiophene rings is 1. The topological polar surface area (TPSA) is 55.8 Å². The summed E-state index contributed by atoms with van der Waals surface area (Å²) in [5.74, 6) is 0.845. The molecule has 1 N–H and O–H groups in total. The van der Waals surface area contributed by atoms with Crippen molar-refractivity contribution in [2.45, 2.75) is 30.4 Å². The molecule has 3 aromatic carbocycles. The van der Waals surface area contributed by atoms with Crippen LogP contribution in [0.1, 0.15) is 21.6 Å². The molecular formula is C28H23F3O4S2. The van der Waals surface area contributed by atoms with Crippen LogP contribution in [0.4, 0.5) is 13.2 Å². The molecule has 0 aliphatic carbocycles. The predicted molar refractivity (Wildman–Crippen MR) is 139 cm³/mol. The molecule has 0 spiro atoms. The lowest BCUT2D eigenvalue weighted by molar-refractivity contribution is -0.139. The maximum absolute atomic E-state index is 13.0. The normalized spacial score (nSPS) is 11.4. The highest BCUT2D eigenvalue weighted by molar-refractivity contribution is 7.98. The molecule has 1 aromatic heterocycles. The minimum absolute atomic E-state index is 0.331. The van der Waals surface area contributed by atoms with Crippen molar-refractivity contribution < 1.29 is 32.5 Å². The molecule has 0 aliphatic rings. The van der Waals surface area contributed by atoms with E-state index in [-0.39, 0.29) is 0 Å². The minimum Gasteiger partial charge on any atom is -0.489 e. The molecular weight excluding hydrogens is 521 g/mol. The number of aryl methyl sites for hydroxylation is 1. The molecule has 4 nitrogen and oxygen atoms in total. The van der Waals surface area contributed by atoms with Crippen LogP contribution in [0.5, 0.6) is 11.5 Å². The second-order valence-corrected chi connectivity index (χ2v) is 10.3. The highest BCUT2D eigenvalue weighted by atomic mass is 32.2. The number of rotatable bonds is 10. The molecule has 0 bridgehead atoms. The van der Waals surface area contributed by atoms with Crippen LogP contribution < -0.4 is 9.47 Å². The zero-order valence-corrected chi connectivity index (χ0v) is 21.4. The first-order valence-corrected chi connectivity index (χ1v) is 13.0. The Bertz CT molecular complexity index is 1350. The summed E-state index contributed by atoms with van der Waals surface area (Å²) in [6.45, 7) is 1.78. The zero-order valence-electron chi connectivity index (χ0n) is 19.7. The number of hydrogen-bond acceptors (Lipinski definition) is 5. The average molecular weight is 545 g/mol. The second-order valence-electron chi connectivity index (χ2n) is 8.13. The van der Waals surface area contributed by atoms with Crippen molar-refractivity contribution in [1.29, 1.82) is 0 Å². The van der Waals surface area contributed by atoms with Crippen molar-refractivity contribution in [3.05, 3.63) is 100 Å². The summed E-state index contributed by atoms with van der Waals surface area (Å²) in [6, 6.07) is 22.1. The monoisotopic (exact) mass is 544 g/mol. The van der Waals surface area contributed by atoms with Gasteiger partial charge in [-0.1, -0.05) is 30.3 Å². The molecule has 0 aliphatic heterocycles. The van der Waals surface area contributed by atoms with Crippen molar-refractivity contribution in [1.82, 2.24) is 0 Å². The standard InChI is InChI=1S/C28H23F3O4S2/c1-18-13-23(11-12-24(18)35-16-27(32)33)36-17-26-20(15-34-22-5-3-2-4-6-22)14-25(37-26)19-7-9-21(10-8-19)28(29,30)31/h2-14H,15-17H2,1H3,(H,32,33). The number of thioether (sulfide) groups is 1. The van der Waals surface area contributed by atoms with Gasteiger partial charge in [-0.2, -0.15) is 13.2 Å². The molecule has 0 saturated carbocycles. The van der Waals surface area contributed by atoms with Crippen molar-refractivity contribution in [2.24, 2.45) is 0 Å². The van der Waals surface area contributed by atoms with Gasteiger partial charge in [-0.15, -0.1) is 23.1 Å². The number of carboxylic acids is 1. The van der Waals surface area contributed by atoms with Crippen LogP contribution in [-0.4, -0.2) is 17.7 Å². The van der Waals surface area contributed by atoms with Crippen molar-refractivity contribution in [2.75, 3.05) is 6.61 Å². The number of carbonyl (C=O) groups is 1. The molecule has 192 valence electrons. The first kappa shape index (κ1) is 26.6. The van der Waals surface area contributed by atoms with E-state index in [2.05, 4.69) is 0 Å². The Kier molecular flexibility index (Phi) is 8.45. The summed E-state index contributed by atoms with van der Waals surface area (Å²) in [7, 11) is 0. The van der Waals surface area contributed by atoms with Crippen LogP contribution in [0.3, 0.4) is 0 Å². The molecule has 0 radical (unpaired) electrons. The van der Waals surface area contributed by atoms with Crippen molar-refractivity contribution in [3.8, 4) is 21.9 Å². The van der Waals surface area contributed by atoms with E-state index in [0.717, 1.165) is 43.7 Å². The second kappa shape index (κ2) is 11.7. The van der Waals surface area contributed by atoms with Gasteiger partial charge in [-0.05, 0) is 66.6 Å². The maximum Gasteiger partial charge on any atom is 0.416 e. The van der Waals surface area contributed by atoms with Gasteiger partial charge >= 0.3 is 12.1 Å². The average Bonchev–Trinajstić information content (AvgIpc) is 3.29. The van der Waals surface area contributed by atoms with Gasteiger partial charge < -0.3 is 14.6 Å². The van der Waals surface area contributed by atoms with Gasteiger partial charge in [-0.25, -0.2) is 4.79 Å². The van der Waals surface area contributed by atoms with E-state index in [1.807, 2.05) is 55.5 Å². The van der Waals surface area contributed by atoms with Gasteiger partial charge in [0.1, 0.15) is 18.1 Å². The summed E-state index contributed by atoms with van der Waals surface area (Å²) in [6.07, 6.45) is -4.38. The number of halogens is 3. The summed E-state index contributed by atoms with van der Waals surface area (Å²) in [4.78, 5) is 13.7. The number of aliphatic carboxylic acids is 1. The Labute approximate surface area is 220 Å². The molecule has 9 heteroatoms. The van der Waals surface area contributed by atoms with E-state index >= 15 is 0 Å². The van der Waals surface area contributed by atoms with E-state index in [1.54, 1.807) is 17.8 Å². The quantitative estimate of drug-likeness (QED) is 0.205. The highest BCUT2D eigenvalue weighted by Crippen LogP contribution is 2.38. The van der Waals surface area contributed by atoms with Gasteiger partial charge in [0.05, 0.1) is 5.56 Å². The zero-order chi connectivity index (χ0) is 26.4. The number of carboxylic acid groups (broad SMARTS) is 1. The SMILES string of the molecule is Cc1cc(SCc2sc(-c3ccc(C(F)(F)F)cc3)cc2COc2ccccc2)ccc1OCC(=O)O. The lowest BCUT2D eigenvalue weighted by Gasteiger charge is -2.10. The van der Waals surface area contributed by atoms with E-state index in [9.17, 15) is 18.0 Å². The number of alkyl halides is 3. The Morgan fingerprint density at radius 2 is 1.70 bits per heavy atom. The Morgan fingerprint density at radius 3 is 2.35 bits per heavy atom. The van der Waals surface area contributed by atoms with Gasteiger partial charge in [-0.3, -0.25) is 0 Å². The maximum atomic E-state index is 13.0. The number of hydrogen-bond donors (Lipinski definition) is 1. The highest BCUT2D eigenvalue weighted by Gasteiger charge is 2.30. The van der Waals surface area contributed by atoms with E-state index in [0.29, 0.717) is 23.7 Å². The summed E-state index contributed by atoms with van der Waals surface area (Å²) in [5.41, 5.74) is 1.83. The number of benzene rings is 3. The lowest BCUT2D eigenvalue weighted by atomic mass is 10.1. The molecule has 0 unspecified atom stereocenters. The van der Waals surface area contributed by atoms with E-state index < -0.39 is 24.3 Å². The third-order valence-corrected chi connectivity index (χ3v) is 7.83. The Hall–Kier alpha value is -3.43. The Morgan fingerprint density at radius 1 is 0.973 bits per heavy atom. The molecule has 1 heterocycles. The molecule has 0 fully saturated rings. The lowest BCUT2D eigenvalue weighted by Crippen LogP contribution is -2.09. The van der Waals surface area contributed by atoms with Gasteiger partial charge in [0, 0.05) is 26.0 Å². The van der Waals surface area contributed by atoms with Gasteiger partial charge in [0.25, 0.3) is 0 Å². The molecule has 0 saturated heterocycles. The van der Waals surface area contributed by atoms with Gasteiger partial charge in [0.2, 0.25) is 0 Å². The summed E-state index contributed by atoms with van der Waals surface area (Å²) < 4.78 is 50.2. The summed E-state index contributed by atoms with van der Waals surface area (Å²) in [5, 5.41) is 8.82. The predicted octanol–water partition coefficient (Wildman–Crippen LogP) is 8.08. The van der Waals surface area contributed by atoms with Crippen LogP contribution in [0.25, 0.3) is 10.4 Å². The van der Waals surface area contributed by atoms with Crippen molar-refractivity contribution >= 4 is 29.1 Å². The van der Waals surface area contributed by atoms with Gasteiger partial charge in [0.15, 0.2) is 6.61 Å². The number of ether oxygens (including phenoxy) is 2. The largest absolute Gasteiger partial charge is 0.489 e. The fraction of sp³-hybridized carbons (Fsp3) is 0.179. The third-order valence-electron chi connectivity index (χ3n) is 5.40. The molecule has 0 amide bonds. The van der Waals surface area contributed by atoms with Crippen molar-refractivity contribution in [3.63, 3.8) is 0 Å². The molecule has 4 rings (SSSR count). The van der Waals surface area contributed by atoms with Crippen LogP contribution in [0.15, 0.2) is 83.8 Å². The van der Waals surface area contributed by atoms with Crippen LogP contribution in [0, 0.1) is 6.92 Å². The molecule has 0 atom stereocenters. The van der Waals surface area contributed by atoms with Crippen LogP contribution in [-0.2, 0) is 23.3 Å². The molecule has 37 heavy (non-hydrogen) atoms. The first-order valence-electron chi connectivity index (χ1n) is 11.2. The fourth-order valence-corrected chi connectivity index (χ4v) is 5.81. The Balaban J connectivity index is 1.53. The smallest absolute Gasteiger partial charge is 0.416 e. The van der Waals surface area contributed by atoms with E-state index in [4.69, 9.17) is 14.6 Å². The van der Waals surface area contributed by atoms with Crippen LogP contribution in [0.2, 0.25) is 0 Å².